The minimum atomic E-state index is -1.36. The van der Waals surface area contributed by atoms with E-state index in [2.05, 4.69) is 4.74 Å². The Bertz CT molecular complexity index is 128. The average Bonchev–Trinajstić information content (AvgIpc) is 1.99. The molecule has 0 radical (unpaired) electrons. The maximum absolute atomic E-state index is 10.2. The van der Waals surface area contributed by atoms with Crippen LogP contribution in [0.2, 0.25) is 0 Å². The highest BCUT2D eigenvalue weighted by atomic mass is 16.5. The number of aliphatic hydroxyl groups is 2. The Morgan fingerprint density at radius 3 is 2.27 bits per heavy atom. The molecule has 0 aliphatic heterocycles. The summed E-state index contributed by atoms with van der Waals surface area (Å²) >= 11 is 0. The number of carbonyl (C=O) groups is 1. The smallest absolute Gasteiger partial charge is 0.335 e. The molecule has 0 amide bonds. The van der Waals surface area contributed by atoms with Crippen LogP contribution < -0.4 is 5.73 Å². The van der Waals surface area contributed by atoms with Gasteiger partial charge in [-0.1, -0.05) is 0 Å². The van der Waals surface area contributed by atoms with Gasteiger partial charge in [-0.3, -0.25) is 0 Å². The predicted molar refractivity (Wildman–Crippen MR) is 34.7 cm³/mol. The molecule has 0 spiro atoms. The van der Waals surface area contributed by atoms with Gasteiger partial charge in [0.2, 0.25) is 0 Å². The van der Waals surface area contributed by atoms with Gasteiger partial charge in [0.05, 0.1) is 13.2 Å². The molecule has 0 aromatic carbocycles. The summed E-state index contributed by atoms with van der Waals surface area (Å²) < 4.78 is 4.49. The molecule has 0 fully saturated rings. The molecule has 0 rings (SSSR count). The summed E-state index contributed by atoms with van der Waals surface area (Å²) in [6, 6.07) is 0. The van der Waals surface area contributed by atoms with Gasteiger partial charge in [0.25, 0.3) is 0 Å². The quantitative estimate of drug-likeness (QED) is 0.341. The van der Waals surface area contributed by atoms with Crippen LogP contribution in [0.5, 0.6) is 0 Å². The predicted octanol–water partition coefficient (Wildman–Crippen LogP) is -2.27. The van der Waals surface area contributed by atoms with Crippen LogP contribution in [0.25, 0.3) is 0 Å². The Hall–Kier alpha value is -0.690. The van der Waals surface area contributed by atoms with E-state index < -0.39 is 31.5 Å². The molecular formula is C5H11NO5. The van der Waals surface area contributed by atoms with Crippen LogP contribution >= 0.6 is 0 Å². The highest BCUT2D eigenvalue weighted by Gasteiger charge is 2.19. The number of hydrogen-bond donors (Lipinski definition) is 4. The van der Waals surface area contributed by atoms with E-state index in [-0.39, 0.29) is 0 Å². The summed E-state index contributed by atoms with van der Waals surface area (Å²) in [7, 11) is 0. The standard InChI is InChI=1S/C5H11NO5/c6-4(2-8)11-3(1-7)5(9)10/h3-4,7-8H,1-2,6H2,(H,9,10)/t3-,4+/m0/s1. The van der Waals surface area contributed by atoms with Crippen molar-refractivity contribution in [3.63, 3.8) is 0 Å². The van der Waals surface area contributed by atoms with Crippen LogP contribution in [0.4, 0.5) is 0 Å². The lowest BCUT2D eigenvalue weighted by atomic mass is 10.4. The second-order valence-corrected chi connectivity index (χ2v) is 1.87. The van der Waals surface area contributed by atoms with Gasteiger partial charge >= 0.3 is 5.97 Å². The van der Waals surface area contributed by atoms with Gasteiger partial charge in [-0.25, -0.2) is 4.79 Å². The maximum Gasteiger partial charge on any atom is 0.335 e. The molecule has 0 bridgehead atoms. The van der Waals surface area contributed by atoms with E-state index in [1.807, 2.05) is 0 Å². The first kappa shape index (κ1) is 10.3. The monoisotopic (exact) mass is 165 g/mol. The average molecular weight is 165 g/mol. The third-order valence-electron chi connectivity index (χ3n) is 0.960. The molecule has 6 nitrogen and oxygen atoms in total. The van der Waals surface area contributed by atoms with Gasteiger partial charge in [-0.2, -0.15) is 0 Å². The van der Waals surface area contributed by atoms with Crippen molar-refractivity contribution in [2.45, 2.75) is 12.3 Å². The minimum absolute atomic E-state index is 0.482. The normalized spacial score (nSPS) is 15.9. The summed E-state index contributed by atoms with van der Waals surface area (Å²) in [6.45, 7) is -1.15. The fourth-order valence-electron chi connectivity index (χ4n) is 0.433. The van der Waals surface area contributed by atoms with Crippen molar-refractivity contribution in [3.8, 4) is 0 Å². The number of ether oxygens (including phenoxy) is 1. The summed E-state index contributed by atoms with van der Waals surface area (Å²) in [4.78, 5) is 10.2. The maximum atomic E-state index is 10.2. The van der Waals surface area contributed by atoms with Gasteiger partial charge in [-0.15, -0.1) is 0 Å². The van der Waals surface area contributed by atoms with Crippen LogP contribution in [0, 0.1) is 0 Å². The number of carboxylic acids is 1. The molecule has 11 heavy (non-hydrogen) atoms. The largest absolute Gasteiger partial charge is 0.479 e. The first-order valence-corrected chi connectivity index (χ1v) is 2.97. The highest BCUT2D eigenvalue weighted by Crippen LogP contribution is 1.93. The fraction of sp³-hybridized carbons (Fsp3) is 0.800. The lowest BCUT2D eigenvalue weighted by molar-refractivity contribution is -0.159. The third-order valence-corrected chi connectivity index (χ3v) is 0.960. The number of hydrogen-bond acceptors (Lipinski definition) is 5. The number of carboxylic acid groups (broad SMARTS) is 1. The van der Waals surface area contributed by atoms with Crippen LogP contribution in [-0.4, -0.2) is 46.8 Å². The van der Waals surface area contributed by atoms with Gasteiger partial charge in [-0.05, 0) is 0 Å². The zero-order valence-electron chi connectivity index (χ0n) is 5.80. The zero-order valence-corrected chi connectivity index (χ0v) is 5.80. The van der Waals surface area contributed by atoms with Crippen LogP contribution in [-0.2, 0) is 9.53 Å². The van der Waals surface area contributed by atoms with Crippen molar-refractivity contribution in [3.05, 3.63) is 0 Å². The number of aliphatic carboxylic acids is 1. The molecule has 2 atom stereocenters. The highest BCUT2D eigenvalue weighted by molar-refractivity contribution is 5.72. The van der Waals surface area contributed by atoms with Crippen LogP contribution in [0.15, 0.2) is 0 Å². The van der Waals surface area contributed by atoms with E-state index >= 15 is 0 Å². The molecular weight excluding hydrogens is 154 g/mol. The summed E-state index contributed by atoms with van der Waals surface area (Å²) in [6.07, 6.45) is -2.43. The molecule has 0 heterocycles. The van der Waals surface area contributed by atoms with Gasteiger partial charge in [0.15, 0.2) is 6.10 Å². The van der Waals surface area contributed by atoms with Crippen LogP contribution in [0.1, 0.15) is 0 Å². The molecule has 0 aliphatic rings. The molecule has 0 saturated carbocycles. The van der Waals surface area contributed by atoms with E-state index in [1.165, 1.54) is 0 Å². The van der Waals surface area contributed by atoms with E-state index in [0.717, 1.165) is 0 Å². The Balaban J connectivity index is 3.77. The van der Waals surface area contributed by atoms with Crippen molar-refractivity contribution >= 4 is 5.97 Å². The van der Waals surface area contributed by atoms with Crippen molar-refractivity contribution in [1.29, 1.82) is 0 Å². The van der Waals surface area contributed by atoms with Crippen molar-refractivity contribution in [1.82, 2.24) is 0 Å². The van der Waals surface area contributed by atoms with Gasteiger partial charge < -0.3 is 25.8 Å². The van der Waals surface area contributed by atoms with Gasteiger partial charge in [0, 0.05) is 0 Å². The molecule has 5 N–H and O–H groups in total. The third kappa shape index (κ3) is 3.89. The molecule has 0 unspecified atom stereocenters. The van der Waals surface area contributed by atoms with E-state index in [0.29, 0.717) is 0 Å². The Morgan fingerprint density at radius 1 is 1.45 bits per heavy atom. The second kappa shape index (κ2) is 5.03. The molecule has 0 aromatic rings. The van der Waals surface area contributed by atoms with Gasteiger partial charge in [0.1, 0.15) is 6.23 Å². The molecule has 66 valence electrons. The Morgan fingerprint density at radius 2 is 2.00 bits per heavy atom. The lowest BCUT2D eigenvalue weighted by Crippen LogP contribution is -2.38. The van der Waals surface area contributed by atoms with E-state index in [9.17, 15) is 4.79 Å². The van der Waals surface area contributed by atoms with Crippen LogP contribution in [0.3, 0.4) is 0 Å². The Labute approximate surface area is 63.2 Å². The van der Waals surface area contributed by atoms with Crippen molar-refractivity contribution in [2.24, 2.45) is 5.73 Å². The Kier molecular flexibility index (Phi) is 4.71. The molecule has 0 saturated heterocycles. The first-order valence-electron chi connectivity index (χ1n) is 2.97. The second-order valence-electron chi connectivity index (χ2n) is 1.87. The fourth-order valence-corrected chi connectivity index (χ4v) is 0.433. The SMILES string of the molecule is N[C@@H](CO)O[C@@H](CO)C(=O)O. The number of aliphatic hydroxyl groups excluding tert-OH is 2. The molecule has 6 heteroatoms. The first-order chi connectivity index (χ1) is 5.11. The summed E-state index contributed by atoms with van der Waals surface area (Å²) in [5.41, 5.74) is 5.04. The number of rotatable bonds is 5. The topological polar surface area (TPSA) is 113 Å². The zero-order chi connectivity index (χ0) is 8.85. The van der Waals surface area contributed by atoms with E-state index in [1.54, 1.807) is 0 Å². The van der Waals surface area contributed by atoms with E-state index in [4.69, 9.17) is 21.1 Å². The van der Waals surface area contributed by atoms with Crippen molar-refractivity contribution < 1.29 is 24.9 Å². The van der Waals surface area contributed by atoms with Crippen molar-refractivity contribution in [2.75, 3.05) is 13.2 Å². The summed E-state index contributed by atoms with van der Waals surface area (Å²) in [5, 5.41) is 25.0. The molecule has 0 aliphatic carbocycles. The lowest BCUT2D eigenvalue weighted by Gasteiger charge is -2.14. The summed E-state index contributed by atoms with van der Waals surface area (Å²) in [5.74, 6) is -1.31. The number of nitrogens with two attached hydrogens (primary N) is 1. The molecule has 0 aromatic heterocycles. The minimum Gasteiger partial charge on any atom is -0.479 e.